The highest BCUT2D eigenvalue weighted by Crippen LogP contribution is 2.18. The van der Waals surface area contributed by atoms with Crippen LogP contribution in [0, 0.1) is 6.92 Å². The molecule has 2 aromatic rings. The van der Waals surface area contributed by atoms with Gasteiger partial charge in [0.1, 0.15) is 16.4 Å². The van der Waals surface area contributed by atoms with Crippen molar-refractivity contribution in [3.63, 3.8) is 0 Å². The van der Waals surface area contributed by atoms with Gasteiger partial charge in [-0.2, -0.15) is 9.40 Å². The Morgan fingerprint density at radius 3 is 2.50 bits per heavy atom. The molecule has 0 unspecified atom stereocenters. The van der Waals surface area contributed by atoms with Gasteiger partial charge in [0.2, 0.25) is 10.0 Å². The van der Waals surface area contributed by atoms with Crippen LogP contribution in [0.3, 0.4) is 0 Å². The maximum absolute atomic E-state index is 12.8. The summed E-state index contributed by atoms with van der Waals surface area (Å²) in [5.74, 6) is 1.39. The number of hydrogen-bond donors (Lipinski definition) is 0. The van der Waals surface area contributed by atoms with Crippen molar-refractivity contribution >= 4 is 10.0 Å². The molecule has 0 fully saturated rings. The van der Waals surface area contributed by atoms with E-state index in [0.29, 0.717) is 18.8 Å². The highest BCUT2D eigenvalue weighted by atomic mass is 32.2. The van der Waals surface area contributed by atoms with E-state index >= 15 is 0 Å². The molecule has 7 nitrogen and oxygen atoms in total. The predicted molar refractivity (Wildman–Crippen MR) is 82.8 cm³/mol. The van der Waals surface area contributed by atoms with Crippen LogP contribution in [0.25, 0.3) is 0 Å². The van der Waals surface area contributed by atoms with Crippen molar-refractivity contribution in [2.75, 3.05) is 27.2 Å². The fourth-order valence-corrected chi connectivity index (χ4v) is 3.40. The average molecular weight is 326 g/mol. The highest BCUT2D eigenvalue weighted by molar-refractivity contribution is 7.89. The summed E-state index contributed by atoms with van der Waals surface area (Å²) in [7, 11) is 1.91. The van der Waals surface area contributed by atoms with Gasteiger partial charge in [0.05, 0.1) is 12.7 Å². The van der Waals surface area contributed by atoms with Crippen molar-refractivity contribution < 1.29 is 12.8 Å². The Hall–Kier alpha value is -1.64. The molecule has 0 radical (unpaired) electrons. The summed E-state index contributed by atoms with van der Waals surface area (Å²) in [6.45, 7) is 3.05. The average Bonchev–Trinajstić information content (AvgIpc) is 3.03. The topological polar surface area (TPSA) is 71.6 Å². The summed E-state index contributed by atoms with van der Waals surface area (Å²) in [5.41, 5.74) is 0. The summed E-state index contributed by atoms with van der Waals surface area (Å²) in [5, 5.41) is 3.95. The largest absolute Gasteiger partial charge is 0.465 e. The van der Waals surface area contributed by atoms with Gasteiger partial charge in [0.25, 0.3) is 0 Å². The molecule has 8 heteroatoms. The molecule has 0 aliphatic carbocycles. The third kappa shape index (κ3) is 3.96. The van der Waals surface area contributed by atoms with Crippen LogP contribution in [0.5, 0.6) is 0 Å². The van der Waals surface area contributed by atoms with Crippen LogP contribution in [0.4, 0.5) is 0 Å². The molecule has 0 aromatic carbocycles. The van der Waals surface area contributed by atoms with Crippen LogP contribution < -0.4 is 0 Å². The second-order valence-corrected chi connectivity index (χ2v) is 7.44. The molecule has 2 aromatic heterocycles. The first-order valence-electron chi connectivity index (χ1n) is 6.98. The Labute approximate surface area is 131 Å². The van der Waals surface area contributed by atoms with Crippen LogP contribution in [-0.2, 0) is 23.6 Å². The molecule has 0 aliphatic rings. The first-order chi connectivity index (χ1) is 10.3. The van der Waals surface area contributed by atoms with E-state index in [4.69, 9.17) is 4.42 Å². The van der Waals surface area contributed by atoms with Gasteiger partial charge in [-0.25, -0.2) is 8.42 Å². The Kier molecular flexibility index (Phi) is 5.05. The SMILES string of the molecule is Cc1ccc(CN(CCN(C)C)S(=O)(=O)c2cnn(C)c2)o1. The Morgan fingerprint density at radius 1 is 1.27 bits per heavy atom. The molecule has 0 saturated carbocycles. The van der Waals surface area contributed by atoms with Gasteiger partial charge in [-0.3, -0.25) is 4.68 Å². The minimum atomic E-state index is -3.60. The number of likely N-dealkylation sites (N-methyl/N-ethyl adjacent to an activating group) is 1. The smallest absolute Gasteiger partial charge is 0.246 e. The third-order valence-corrected chi connectivity index (χ3v) is 5.04. The van der Waals surface area contributed by atoms with E-state index in [0.717, 1.165) is 5.76 Å². The zero-order valence-corrected chi connectivity index (χ0v) is 14.2. The van der Waals surface area contributed by atoms with Gasteiger partial charge < -0.3 is 9.32 Å². The Balaban J connectivity index is 2.26. The predicted octanol–water partition coefficient (Wildman–Crippen LogP) is 1.07. The van der Waals surface area contributed by atoms with Crippen molar-refractivity contribution in [2.45, 2.75) is 18.4 Å². The van der Waals surface area contributed by atoms with Crippen molar-refractivity contribution in [2.24, 2.45) is 7.05 Å². The normalized spacial score (nSPS) is 12.5. The number of aryl methyl sites for hydroxylation is 2. The van der Waals surface area contributed by atoms with Crippen molar-refractivity contribution in [1.82, 2.24) is 19.0 Å². The Morgan fingerprint density at radius 2 is 2.00 bits per heavy atom. The molecule has 22 heavy (non-hydrogen) atoms. The van der Waals surface area contributed by atoms with Crippen molar-refractivity contribution in [3.8, 4) is 0 Å². The first kappa shape index (κ1) is 16.7. The third-order valence-electron chi connectivity index (χ3n) is 3.24. The molecular weight excluding hydrogens is 304 g/mol. The molecule has 0 atom stereocenters. The van der Waals surface area contributed by atoms with Gasteiger partial charge >= 0.3 is 0 Å². The zero-order valence-electron chi connectivity index (χ0n) is 13.4. The monoisotopic (exact) mass is 326 g/mol. The van der Waals surface area contributed by atoms with E-state index in [9.17, 15) is 8.42 Å². The number of nitrogens with zero attached hydrogens (tertiary/aromatic N) is 4. The fourth-order valence-electron chi connectivity index (χ4n) is 2.02. The van der Waals surface area contributed by atoms with Gasteiger partial charge in [0, 0.05) is 26.3 Å². The molecule has 122 valence electrons. The maximum atomic E-state index is 12.8. The summed E-state index contributed by atoms with van der Waals surface area (Å²) < 4.78 is 34.0. The van der Waals surface area contributed by atoms with Crippen LogP contribution in [0.1, 0.15) is 11.5 Å². The van der Waals surface area contributed by atoms with Crippen LogP contribution in [-0.4, -0.2) is 54.6 Å². The summed E-state index contributed by atoms with van der Waals surface area (Å²) in [4.78, 5) is 2.14. The quantitative estimate of drug-likeness (QED) is 0.761. The minimum absolute atomic E-state index is 0.192. The van der Waals surface area contributed by atoms with Gasteiger partial charge in [-0.1, -0.05) is 0 Å². The van der Waals surface area contributed by atoms with Crippen LogP contribution in [0.15, 0.2) is 33.8 Å². The van der Waals surface area contributed by atoms with Gasteiger partial charge in [0.15, 0.2) is 0 Å². The molecule has 0 spiro atoms. The van der Waals surface area contributed by atoms with E-state index in [1.165, 1.54) is 21.4 Å². The fraction of sp³-hybridized carbons (Fsp3) is 0.500. The second kappa shape index (κ2) is 6.64. The molecule has 0 N–H and O–H groups in total. The lowest BCUT2D eigenvalue weighted by Gasteiger charge is -2.22. The molecule has 2 heterocycles. The summed E-state index contributed by atoms with van der Waals surface area (Å²) in [6.07, 6.45) is 2.87. The van der Waals surface area contributed by atoms with Crippen LogP contribution in [0.2, 0.25) is 0 Å². The number of rotatable bonds is 7. The first-order valence-corrected chi connectivity index (χ1v) is 8.42. The number of sulfonamides is 1. The van der Waals surface area contributed by atoms with E-state index < -0.39 is 10.0 Å². The van der Waals surface area contributed by atoms with E-state index in [1.54, 1.807) is 13.1 Å². The van der Waals surface area contributed by atoms with E-state index in [1.807, 2.05) is 32.0 Å². The van der Waals surface area contributed by atoms with Crippen molar-refractivity contribution in [1.29, 1.82) is 0 Å². The van der Waals surface area contributed by atoms with Crippen LogP contribution >= 0.6 is 0 Å². The molecule has 0 amide bonds. The molecular formula is C14H22N4O3S. The lowest BCUT2D eigenvalue weighted by Crippen LogP contribution is -2.36. The molecule has 2 rings (SSSR count). The van der Waals surface area contributed by atoms with Crippen molar-refractivity contribution in [3.05, 3.63) is 36.0 Å². The lowest BCUT2D eigenvalue weighted by molar-refractivity contribution is 0.310. The summed E-state index contributed by atoms with van der Waals surface area (Å²) in [6, 6.07) is 3.63. The molecule has 0 bridgehead atoms. The van der Waals surface area contributed by atoms with Gasteiger partial charge in [-0.15, -0.1) is 0 Å². The number of aromatic nitrogens is 2. The van der Waals surface area contributed by atoms with E-state index in [-0.39, 0.29) is 11.4 Å². The highest BCUT2D eigenvalue weighted by Gasteiger charge is 2.26. The summed E-state index contributed by atoms with van der Waals surface area (Å²) >= 11 is 0. The lowest BCUT2D eigenvalue weighted by atomic mass is 10.4. The standard InChI is InChI=1S/C14H22N4O3S/c1-12-5-6-13(21-12)10-18(8-7-16(2)3)22(19,20)14-9-15-17(4)11-14/h5-6,9,11H,7-8,10H2,1-4H3. The van der Waals surface area contributed by atoms with E-state index in [2.05, 4.69) is 5.10 Å². The maximum Gasteiger partial charge on any atom is 0.246 e. The number of furan rings is 1. The molecule has 0 aliphatic heterocycles. The molecule has 0 saturated heterocycles. The minimum Gasteiger partial charge on any atom is -0.465 e. The second-order valence-electron chi connectivity index (χ2n) is 5.50. The number of hydrogen-bond acceptors (Lipinski definition) is 5. The Bertz CT molecular complexity index is 718. The zero-order chi connectivity index (χ0) is 16.3. The van der Waals surface area contributed by atoms with Gasteiger partial charge in [-0.05, 0) is 33.2 Å².